The summed E-state index contributed by atoms with van der Waals surface area (Å²) in [5.74, 6) is -5.12. The molecule has 1 N–H and O–H groups in total. The van der Waals surface area contributed by atoms with E-state index in [1.807, 2.05) is 36.4 Å². The molecule has 3 fully saturated rings. The van der Waals surface area contributed by atoms with E-state index in [0.29, 0.717) is 32.5 Å². The molecule has 234 valence electrons. The average Bonchev–Trinajstić information content (AvgIpc) is 3.46. The number of halogens is 2. The number of nitrogens with zero attached hydrogens (tertiary/aromatic N) is 2. The molecule has 4 aliphatic rings. The Bertz CT molecular complexity index is 2010. The van der Waals surface area contributed by atoms with E-state index in [4.69, 9.17) is 23.2 Å². The number of rotatable bonds is 4. The van der Waals surface area contributed by atoms with Gasteiger partial charge in [-0.15, -0.1) is 0 Å². The Hall–Kier alpha value is -4.72. The van der Waals surface area contributed by atoms with Gasteiger partial charge in [-0.3, -0.25) is 24.1 Å². The fourth-order valence-corrected chi connectivity index (χ4v) is 8.98. The van der Waals surface area contributed by atoms with Crippen molar-refractivity contribution in [1.29, 1.82) is 0 Å². The van der Waals surface area contributed by atoms with Crippen LogP contribution in [-0.4, -0.2) is 28.7 Å². The molecule has 8 rings (SSSR count). The zero-order valence-corrected chi connectivity index (χ0v) is 26.4. The maximum Gasteiger partial charge on any atom is 0.246 e. The van der Waals surface area contributed by atoms with Crippen molar-refractivity contribution in [3.05, 3.63) is 136 Å². The van der Waals surface area contributed by atoms with Crippen LogP contribution in [0.15, 0.2) is 115 Å². The molecular weight excluding hydrogens is 635 g/mol. The molecule has 0 spiro atoms. The van der Waals surface area contributed by atoms with Gasteiger partial charge in [-0.2, -0.15) is 0 Å². The van der Waals surface area contributed by atoms with E-state index in [0.717, 1.165) is 5.57 Å². The number of phenols is 1. The van der Waals surface area contributed by atoms with Crippen LogP contribution in [0.3, 0.4) is 0 Å². The summed E-state index contributed by atoms with van der Waals surface area (Å²) in [6.45, 7) is 0. The van der Waals surface area contributed by atoms with Crippen molar-refractivity contribution in [2.75, 3.05) is 9.80 Å². The molecule has 47 heavy (non-hydrogen) atoms. The van der Waals surface area contributed by atoms with Gasteiger partial charge in [-0.05, 0) is 72.9 Å². The summed E-state index contributed by atoms with van der Waals surface area (Å²) in [5, 5.41) is 12.3. The average molecular weight is 664 g/mol. The number of carbonyl (C=O) groups is 4. The predicted octanol–water partition coefficient (Wildman–Crippen LogP) is 7.07. The molecule has 9 heteroatoms. The van der Waals surface area contributed by atoms with Crippen molar-refractivity contribution in [3.8, 4) is 5.75 Å². The van der Waals surface area contributed by atoms with E-state index in [-0.39, 0.29) is 30.4 Å². The minimum atomic E-state index is -1.45. The van der Waals surface area contributed by atoms with Gasteiger partial charge in [0.15, 0.2) is 0 Å². The molecule has 2 aliphatic heterocycles. The van der Waals surface area contributed by atoms with Crippen molar-refractivity contribution in [3.63, 3.8) is 0 Å². The summed E-state index contributed by atoms with van der Waals surface area (Å²) in [4.78, 5) is 60.6. The molecule has 4 amide bonds. The first-order chi connectivity index (χ1) is 22.7. The summed E-state index contributed by atoms with van der Waals surface area (Å²) < 4.78 is 0. The van der Waals surface area contributed by atoms with E-state index in [2.05, 4.69) is 0 Å². The van der Waals surface area contributed by atoms with Crippen LogP contribution in [0.2, 0.25) is 10.0 Å². The lowest BCUT2D eigenvalue weighted by atomic mass is 9.49. The Morgan fingerprint density at radius 1 is 0.681 bits per heavy atom. The van der Waals surface area contributed by atoms with Crippen LogP contribution in [0.4, 0.5) is 11.4 Å². The highest BCUT2D eigenvalue weighted by atomic mass is 35.5. The molecule has 4 aromatic carbocycles. The summed E-state index contributed by atoms with van der Waals surface area (Å²) >= 11 is 12.5. The van der Waals surface area contributed by atoms with E-state index < -0.39 is 46.8 Å². The van der Waals surface area contributed by atoms with Gasteiger partial charge < -0.3 is 5.11 Å². The maximum absolute atomic E-state index is 15.2. The number of aromatic hydroxyl groups is 1. The molecular formula is C38H28Cl2N2O5. The second-order valence-electron chi connectivity index (χ2n) is 12.6. The molecule has 0 bridgehead atoms. The number of carbonyl (C=O) groups excluding carboxylic acids is 4. The summed E-state index contributed by atoms with van der Waals surface area (Å²) in [6, 6.07) is 29.3. The third-order valence-electron chi connectivity index (χ3n) is 10.5. The molecule has 2 aliphatic carbocycles. The fraction of sp³-hybridized carbons (Fsp3) is 0.211. The first kappa shape index (κ1) is 29.7. The van der Waals surface area contributed by atoms with E-state index >= 15 is 4.79 Å². The molecule has 6 atom stereocenters. The highest BCUT2D eigenvalue weighted by Gasteiger charge is 2.70. The van der Waals surface area contributed by atoms with Gasteiger partial charge >= 0.3 is 0 Å². The smallest absolute Gasteiger partial charge is 0.246 e. The van der Waals surface area contributed by atoms with Gasteiger partial charge in [-0.1, -0.05) is 89.4 Å². The minimum absolute atomic E-state index is 0.0201. The topological polar surface area (TPSA) is 95.0 Å². The second kappa shape index (κ2) is 10.9. The van der Waals surface area contributed by atoms with Gasteiger partial charge in [0.05, 0.1) is 34.5 Å². The van der Waals surface area contributed by atoms with Crippen LogP contribution < -0.4 is 9.80 Å². The monoisotopic (exact) mass is 662 g/mol. The first-order valence-electron chi connectivity index (χ1n) is 15.5. The third kappa shape index (κ3) is 4.19. The minimum Gasteiger partial charge on any atom is -0.508 e. The highest BCUT2D eigenvalue weighted by molar-refractivity contribution is 6.32. The third-order valence-corrected chi connectivity index (χ3v) is 11.0. The van der Waals surface area contributed by atoms with Crippen LogP contribution in [0.25, 0.3) is 0 Å². The van der Waals surface area contributed by atoms with Crippen molar-refractivity contribution in [2.45, 2.75) is 24.2 Å². The largest absolute Gasteiger partial charge is 0.508 e. The lowest BCUT2D eigenvalue weighted by Crippen LogP contribution is -2.53. The van der Waals surface area contributed by atoms with Crippen molar-refractivity contribution >= 4 is 58.2 Å². The summed E-state index contributed by atoms with van der Waals surface area (Å²) in [7, 11) is 0. The summed E-state index contributed by atoms with van der Waals surface area (Å²) in [6.07, 6.45) is 2.42. The number of imide groups is 2. The van der Waals surface area contributed by atoms with Crippen molar-refractivity contribution in [1.82, 2.24) is 0 Å². The second-order valence-corrected chi connectivity index (χ2v) is 13.5. The van der Waals surface area contributed by atoms with Crippen LogP contribution in [0.5, 0.6) is 5.75 Å². The van der Waals surface area contributed by atoms with Gasteiger partial charge in [0.25, 0.3) is 0 Å². The quantitative estimate of drug-likeness (QED) is 0.186. The number of para-hydroxylation sites is 1. The zero-order valence-electron chi connectivity index (χ0n) is 24.9. The predicted molar refractivity (Wildman–Crippen MR) is 178 cm³/mol. The molecule has 2 heterocycles. The number of fused-ring (bicyclic) bond motifs is 4. The molecule has 2 saturated heterocycles. The van der Waals surface area contributed by atoms with Crippen LogP contribution in [-0.2, 0) is 24.6 Å². The van der Waals surface area contributed by atoms with Crippen LogP contribution in [0, 0.1) is 23.7 Å². The Kier molecular flexibility index (Phi) is 6.90. The molecule has 1 saturated carbocycles. The molecule has 0 aromatic heterocycles. The molecule has 4 aromatic rings. The summed E-state index contributed by atoms with van der Waals surface area (Å²) in [5.41, 5.74) is 1.24. The number of anilines is 2. The number of amides is 4. The number of phenolic OH excluding ortho intramolecular Hbond substituents is 1. The number of allylic oxidation sites excluding steroid dienone is 2. The van der Waals surface area contributed by atoms with Crippen LogP contribution >= 0.6 is 23.2 Å². The number of hydrogen-bond acceptors (Lipinski definition) is 5. The lowest BCUT2D eigenvalue weighted by Gasteiger charge is -2.50. The zero-order chi connectivity index (χ0) is 32.6. The van der Waals surface area contributed by atoms with Crippen molar-refractivity contribution in [2.24, 2.45) is 23.7 Å². The van der Waals surface area contributed by atoms with Gasteiger partial charge in [-0.25, -0.2) is 4.90 Å². The standard InChI is InChI=1S/C38H28Cl2N2O5/c39-22-13-15-24(16-14-22)41-34(44)28-18-17-26-29(32(28)36(41)46)20-30-35(45)42(25-10-6-9-23(40)19-25)37(47)38(30,21-7-2-1-3-8-21)33(26)27-11-4-5-12-31(27)43/h1-17,19,28-30,32-33,43H,18,20H2. The van der Waals surface area contributed by atoms with E-state index in [9.17, 15) is 19.5 Å². The van der Waals surface area contributed by atoms with Gasteiger partial charge in [0.1, 0.15) is 5.75 Å². The normalized spacial score (nSPS) is 28.2. The van der Waals surface area contributed by atoms with Gasteiger partial charge in [0.2, 0.25) is 23.6 Å². The lowest BCUT2D eigenvalue weighted by molar-refractivity contribution is -0.127. The Balaban J connectivity index is 1.35. The highest BCUT2D eigenvalue weighted by Crippen LogP contribution is 2.65. The first-order valence-corrected chi connectivity index (χ1v) is 16.3. The number of hydrogen-bond donors (Lipinski definition) is 1. The Labute approximate surface area is 281 Å². The van der Waals surface area contributed by atoms with Crippen molar-refractivity contribution < 1.29 is 24.3 Å². The maximum atomic E-state index is 15.2. The Morgan fingerprint density at radius 3 is 2.13 bits per heavy atom. The van der Waals surface area contributed by atoms with E-state index in [1.54, 1.807) is 72.8 Å². The molecule has 6 unspecified atom stereocenters. The molecule has 7 nitrogen and oxygen atoms in total. The Morgan fingerprint density at radius 2 is 1.40 bits per heavy atom. The van der Waals surface area contributed by atoms with E-state index in [1.165, 1.54) is 9.80 Å². The number of benzene rings is 4. The molecule has 0 radical (unpaired) electrons. The SMILES string of the molecule is O=C1C2CC=C3C(CC4C(=O)N(c5cccc(Cl)c5)C(=O)C4(c4ccccc4)C3c3ccccc3O)C2C(=O)N1c1ccc(Cl)cc1. The van der Waals surface area contributed by atoms with Crippen LogP contribution in [0.1, 0.15) is 29.9 Å². The van der Waals surface area contributed by atoms with Gasteiger partial charge in [0, 0.05) is 21.5 Å². The fourth-order valence-electron chi connectivity index (χ4n) is 8.66.